The lowest BCUT2D eigenvalue weighted by Gasteiger charge is -2.28. The first-order valence-electron chi connectivity index (χ1n) is 8.72. The molecule has 0 bridgehead atoms. The van der Waals surface area contributed by atoms with Crippen LogP contribution in [0.25, 0.3) is 0 Å². The summed E-state index contributed by atoms with van der Waals surface area (Å²) in [7, 11) is 3.33. The van der Waals surface area contributed by atoms with E-state index in [0.29, 0.717) is 47.4 Å². The van der Waals surface area contributed by atoms with Crippen LogP contribution >= 0.6 is 11.8 Å². The molecule has 27 heavy (non-hydrogen) atoms. The molecular weight excluding hydrogens is 368 g/mol. The fourth-order valence-corrected chi connectivity index (χ4v) is 3.63. The van der Waals surface area contributed by atoms with E-state index in [1.807, 2.05) is 0 Å². The summed E-state index contributed by atoms with van der Waals surface area (Å²) in [4.78, 5) is 26.2. The second-order valence-electron chi connectivity index (χ2n) is 6.12. The first-order valence-corrected chi connectivity index (χ1v) is 9.70. The second kappa shape index (κ2) is 8.85. The average molecular weight is 390 g/mol. The van der Waals surface area contributed by atoms with E-state index in [9.17, 15) is 9.59 Å². The number of methoxy groups -OCH3 is 1. The number of anilines is 2. The fourth-order valence-electron chi connectivity index (χ4n) is 2.84. The highest BCUT2D eigenvalue weighted by molar-refractivity contribution is 7.99. The molecule has 1 fully saturated rings. The molecule has 3 rings (SSSR count). The van der Waals surface area contributed by atoms with Crippen molar-refractivity contribution in [2.75, 3.05) is 29.6 Å². The number of rotatable bonds is 7. The van der Waals surface area contributed by atoms with Gasteiger partial charge in [0, 0.05) is 37.9 Å². The smallest absolute Gasteiger partial charge is 0.227 e. The zero-order chi connectivity index (χ0) is 19.2. The normalized spacial score (nSPS) is 14.3. The number of hydrogen-bond acceptors (Lipinski definition) is 7. The molecule has 1 saturated heterocycles. The zero-order valence-electron chi connectivity index (χ0n) is 15.3. The number of carbonyl (C=O) groups is 2. The molecule has 2 amide bonds. The molecule has 2 heterocycles. The molecule has 144 valence electrons. The lowest BCUT2D eigenvalue weighted by Crippen LogP contribution is -2.35. The number of aryl methyl sites for hydroxylation is 1. The van der Waals surface area contributed by atoms with Crippen molar-refractivity contribution in [2.45, 2.75) is 30.8 Å². The number of carbonyl (C=O) groups excluding carboxylic acids is 2. The quantitative estimate of drug-likeness (QED) is 0.720. The Kier molecular flexibility index (Phi) is 6.28. The van der Waals surface area contributed by atoms with Gasteiger partial charge in [-0.05, 0) is 41.5 Å². The van der Waals surface area contributed by atoms with Crippen LogP contribution in [0.15, 0.2) is 23.4 Å². The Morgan fingerprint density at radius 2 is 2.22 bits per heavy atom. The van der Waals surface area contributed by atoms with E-state index >= 15 is 0 Å². The van der Waals surface area contributed by atoms with Crippen molar-refractivity contribution in [3.63, 3.8) is 0 Å². The van der Waals surface area contributed by atoms with Crippen molar-refractivity contribution >= 4 is 35.0 Å². The lowest BCUT2D eigenvalue weighted by atomic mass is 10.1. The molecule has 2 aromatic rings. The molecule has 1 aromatic carbocycles. The third-order valence-electron chi connectivity index (χ3n) is 4.22. The molecule has 0 radical (unpaired) electrons. The third-order valence-corrected chi connectivity index (χ3v) is 5.23. The van der Waals surface area contributed by atoms with Gasteiger partial charge in [0.25, 0.3) is 0 Å². The van der Waals surface area contributed by atoms with Gasteiger partial charge in [0.2, 0.25) is 17.0 Å². The molecule has 1 aliphatic rings. The summed E-state index contributed by atoms with van der Waals surface area (Å²) in [5.41, 5.74) is 1.33. The number of nitrogens with one attached hydrogen (secondary N) is 1. The Balaban J connectivity index is 1.62. The largest absolute Gasteiger partial charge is 0.495 e. The van der Waals surface area contributed by atoms with E-state index in [2.05, 4.69) is 20.8 Å². The van der Waals surface area contributed by atoms with Crippen molar-refractivity contribution in [3.05, 3.63) is 18.2 Å². The van der Waals surface area contributed by atoms with Crippen LogP contribution in [0, 0.1) is 0 Å². The standard InChI is InChI=1S/C17H22N6O3S/c1-22-17(19-20-21-22)27-10-8-15(24)18-12-6-7-14(26-2)13(11-12)23-9-4-3-5-16(23)25/h6-7,11H,3-5,8-10H2,1-2H3,(H,18,24). The molecule has 1 N–H and O–H groups in total. The van der Waals surface area contributed by atoms with Crippen LogP contribution in [-0.2, 0) is 16.6 Å². The monoisotopic (exact) mass is 390 g/mol. The van der Waals surface area contributed by atoms with Crippen molar-refractivity contribution in [2.24, 2.45) is 7.05 Å². The fraction of sp³-hybridized carbons (Fsp3) is 0.471. The van der Waals surface area contributed by atoms with Crippen LogP contribution in [0.2, 0.25) is 0 Å². The molecule has 9 nitrogen and oxygen atoms in total. The Morgan fingerprint density at radius 3 is 2.93 bits per heavy atom. The number of amides is 2. The van der Waals surface area contributed by atoms with Crippen LogP contribution in [0.4, 0.5) is 11.4 Å². The van der Waals surface area contributed by atoms with E-state index in [-0.39, 0.29) is 11.8 Å². The number of thioether (sulfide) groups is 1. The van der Waals surface area contributed by atoms with Gasteiger partial charge < -0.3 is 15.0 Å². The Labute approximate surface area is 161 Å². The second-order valence-corrected chi connectivity index (χ2v) is 7.18. The molecular formula is C17H22N6O3S. The van der Waals surface area contributed by atoms with E-state index in [1.165, 1.54) is 11.8 Å². The highest BCUT2D eigenvalue weighted by Crippen LogP contribution is 2.33. The maximum absolute atomic E-state index is 12.2. The summed E-state index contributed by atoms with van der Waals surface area (Å²) in [6.07, 6.45) is 2.72. The van der Waals surface area contributed by atoms with Gasteiger partial charge in [-0.15, -0.1) is 5.10 Å². The van der Waals surface area contributed by atoms with Gasteiger partial charge in [-0.25, -0.2) is 4.68 Å². The van der Waals surface area contributed by atoms with Crippen LogP contribution in [0.1, 0.15) is 25.7 Å². The molecule has 0 unspecified atom stereocenters. The van der Waals surface area contributed by atoms with Crippen molar-refractivity contribution in [3.8, 4) is 5.75 Å². The predicted molar refractivity (Wildman–Crippen MR) is 102 cm³/mol. The number of nitrogens with zero attached hydrogens (tertiary/aromatic N) is 5. The van der Waals surface area contributed by atoms with E-state index < -0.39 is 0 Å². The van der Waals surface area contributed by atoms with Gasteiger partial charge >= 0.3 is 0 Å². The number of benzene rings is 1. The maximum Gasteiger partial charge on any atom is 0.227 e. The van der Waals surface area contributed by atoms with E-state index in [0.717, 1.165) is 12.8 Å². The number of ether oxygens (including phenoxy) is 1. The van der Waals surface area contributed by atoms with Crippen LogP contribution in [0.3, 0.4) is 0 Å². The maximum atomic E-state index is 12.2. The molecule has 0 atom stereocenters. The third kappa shape index (κ3) is 4.76. The molecule has 10 heteroatoms. The zero-order valence-corrected chi connectivity index (χ0v) is 16.2. The molecule has 0 saturated carbocycles. The van der Waals surface area contributed by atoms with Crippen molar-refractivity contribution in [1.82, 2.24) is 20.2 Å². The van der Waals surface area contributed by atoms with Crippen LogP contribution in [-0.4, -0.2) is 51.4 Å². The topological polar surface area (TPSA) is 102 Å². The van der Waals surface area contributed by atoms with Crippen molar-refractivity contribution < 1.29 is 14.3 Å². The average Bonchev–Trinajstić information content (AvgIpc) is 3.07. The summed E-state index contributed by atoms with van der Waals surface area (Å²) >= 11 is 1.42. The first kappa shape index (κ1) is 19.2. The summed E-state index contributed by atoms with van der Waals surface area (Å²) in [5, 5.41) is 14.7. The lowest BCUT2D eigenvalue weighted by molar-refractivity contribution is -0.119. The summed E-state index contributed by atoms with van der Waals surface area (Å²) < 4.78 is 6.96. The summed E-state index contributed by atoms with van der Waals surface area (Å²) in [6.45, 7) is 0.662. The van der Waals surface area contributed by atoms with Gasteiger partial charge in [-0.3, -0.25) is 9.59 Å². The number of tetrazole rings is 1. The minimum Gasteiger partial charge on any atom is -0.495 e. The van der Waals surface area contributed by atoms with Crippen LogP contribution in [0.5, 0.6) is 5.75 Å². The molecule has 1 aliphatic heterocycles. The molecule has 1 aromatic heterocycles. The van der Waals surface area contributed by atoms with Gasteiger partial charge in [-0.1, -0.05) is 11.8 Å². The molecule has 0 aliphatic carbocycles. The molecule has 0 spiro atoms. The predicted octanol–water partition coefficient (Wildman–Crippen LogP) is 1.86. The minimum atomic E-state index is -0.112. The Morgan fingerprint density at radius 1 is 1.37 bits per heavy atom. The minimum absolute atomic E-state index is 0.0803. The van der Waals surface area contributed by atoms with E-state index in [4.69, 9.17) is 4.74 Å². The first-order chi connectivity index (χ1) is 13.1. The number of piperidine rings is 1. The highest BCUT2D eigenvalue weighted by Gasteiger charge is 2.23. The van der Waals surface area contributed by atoms with Gasteiger partial charge in [0.1, 0.15) is 5.75 Å². The summed E-state index contributed by atoms with van der Waals surface area (Å²) in [5.74, 6) is 1.15. The van der Waals surface area contributed by atoms with Gasteiger partial charge in [0.15, 0.2) is 0 Å². The number of aromatic nitrogens is 4. The van der Waals surface area contributed by atoms with Gasteiger partial charge in [-0.2, -0.15) is 0 Å². The summed E-state index contributed by atoms with van der Waals surface area (Å²) in [6, 6.07) is 5.33. The SMILES string of the molecule is COc1ccc(NC(=O)CCSc2nnnn2C)cc1N1CCCCC1=O. The van der Waals surface area contributed by atoms with Crippen LogP contribution < -0.4 is 15.0 Å². The van der Waals surface area contributed by atoms with Crippen molar-refractivity contribution in [1.29, 1.82) is 0 Å². The Bertz CT molecular complexity index is 825. The highest BCUT2D eigenvalue weighted by atomic mass is 32.2. The number of hydrogen-bond donors (Lipinski definition) is 1. The van der Waals surface area contributed by atoms with E-state index in [1.54, 1.807) is 41.9 Å². The Hall–Kier alpha value is -2.62. The van der Waals surface area contributed by atoms with Gasteiger partial charge in [0.05, 0.1) is 12.8 Å².